The van der Waals surface area contributed by atoms with Crippen LogP contribution >= 0.6 is 0 Å². The fourth-order valence-electron chi connectivity index (χ4n) is 6.34. The third-order valence-electron chi connectivity index (χ3n) is 8.41. The summed E-state index contributed by atoms with van der Waals surface area (Å²) >= 11 is 0. The molecule has 8 nitrogen and oxygen atoms in total. The SMILES string of the molecule is C[C@@H](OC(=O)c1ccc2c3ccc(C(=O)O)c4c(C(=O)Nc5ccccc5)ccc(c5ccc(C(=O)O)c1c52)c43)c1ccccc1. The first-order valence-corrected chi connectivity index (χ1v) is 14.5. The number of benzene rings is 7. The number of carbonyl (C=O) groups is 4. The van der Waals surface area contributed by atoms with Gasteiger partial charge in [0, 0.05) is 22.0 Å². The van der Waals surface area contributed by atoms with E-state index in [1.165, 1.54) is 12.1 Å². The fraction of sp³-hybridized carbons (Fsp3) is 0.0526. The van der Waals surface area contributed by atoms with Gasteiger partial charge in [-0.25, -0.2) is 14.4 Å². The van der Waals surface area contributed by atoms with Crippen LogP contribution in [0.3, 0.4) is 0 Å². The summed E-state index contributed by atoms with van der Waals surface area (Å²) in [4.78, 5) is 52.2. The number of aromatic carboxylic acids is 2. The minimum Gasteiger partial charge on any atom is -0.478 e. The number of rotatable bonds is 7. The number of fused-ring (bicyclic) bond motifs is 2. The van der Waals surface area contributed by atoms with Crippen LogP contribution in [-0.4, -0.2) is 34.0 Å². The molecule has 46 heavy (non-hydrogen) atoms. The van der Waals surface area contributed by atoms with Crippen LogP contribution in [0.1, 0.15) is 60.0 Å². The van der Waals surface area contributed by atoms with Crippen molar-refractivity contribution >= 4 is 72.6 Å². The van der Waals surface area contributed by atoms with Gasteiger partial charge in [0.1, 0.15) is 6.10 Å². The third kappa shape index (κ3) is 4.55. The van der Waals surface area contributed by atoms with E-state index < -0.39 is 29.9 Å². The van der Waals surface area contributed by atoms with E-state index in [9.17, 15) is 29.4 Å². The molecule has 0 saturated heterocycles. The average Bonchev–Trinajstić information content (AvgIpc) is 3.06. The lowest BCUT2D eigenvalue weighted by molar-refractivity contribution is 0.0340. The average molecular weight is 608 g/mol. The molecular formula is C38H25NO7. The summed E-state index contributed by atoms with van der Waals surface area (Å²) in [5.41, 5.74) is 1.51. The number of carboxylic acids is 2. The second-order valence-electron chi connectivity index (χ2n) is 11.0. The Morgan fingerprint density at radius 1 is 0.543 bits per heavy atom. The zero-order valence-corrected chi connectivity index (χ0v) is 24.4. The van der Waals surface area contributed by atoms with E-state index in [0.29, 0.717) is 38.0 Å². The lowest BCUT2D eigenvalue weighted by Crippen LogP contribution is -2.14. The number of amides is 1. The molecule has 0 bridgehead atoms. The number of carboxylic acid groups (broad SMARTS) is 2. The second kappa shape index (κ2) is 11.0. The molecule has 0 aliphatic rings. The van der Waals surface area contributed by atoms with E-state index in [0.717, 1.165) is 5.56 Å². The Hall–Kier alpha value is -6.28. The number of anilines is 1. The molecule has 0 fully saturated rings. The molecule has 1 atom stereocenters. The molecule has 224 valence electrons. The molecule has 3 N–H and O–H groups in total. The monoisotopic (exact) mass is 607 g/mol. The minimum absolute atomic E-state index is 0.0456. The molecule has 7 aromatic carbocycles. The van der Waals surface area contributed by atoms with Gasteiger partial charge in [0.2, 0.25) is 0 Å². The largest absolute Gasteiger partial charge is 0.478 e. The minimum atomic E-state index is -1.21. The van der Waals surface area contributed by atoms with Crippen LogP contribution in [0.25, 0.3) is 43.1 Å². The predicted octanol–water partition coefficient (Wildman–Crippen LogP) is 8.30. The Kier molecular flexibility index (Phi) is 6.82. The van der Waals surface area contributed by atoms with Crippen LogP contribution in [0.4, 0.5) is 5.69 Å². The van der Waals surface area contributed by atoms with Gasteiger partial charge in [-0.2, -0.15) is 0 Å². The van der Waals surface area contributed by atoms with Gasteiger partial charge in [-0.15, -0.1) is 0 Å². The van der Waals surface area contributed by atoms with Crippen molar-refractivity contribution in [2.45, 2.75) is 13.0 Å². The normalized spacial score (nSPS) is 12.0. The number of carbonyl (C=O) groups excluding carboxylic acids is 2. The van der Waals surface area contributed by atoms with Crippen LogP contribution in [0.15, 0.2) is 109 Å². The lowest BCUT2D eigenvalue weighted by atomic mass is 9.84. The highest BCUT2D eigenvalue weighted by Crippen LogP contribution is 2.44. The van der Waals surface area contributed by atoms with Gasteiger partial charge >= 0.3 is 17.9 Å². The molecule has 7 aromatic rings. The van der Waals surface area contributed by atoms with Gasteiger partial charge in [0.05, 0.1) is 16.7 Å². The van der Waals surface area contributed by atoms with Crippen LogP contribution in [-0.2, 0) is 4.74 Å². The van der Waals surface area contributed by atoms with Crippen molar-refractivity contribution in [3.8, 4) is 0 Å². The molecule has 0 aliphatic carbocycles. The van der Waals surface area contributed by atoms with Crippen molar-refractivity contribution in [1.82, 2.24) is 0 Å². The molecule has 0 heterocycles. The summed E-state index contributed by atoms with van der Waals surface area (Å²) < 4.78 is 5.82. The van der Waals surface area contributed by atoms with Gasteiger partial charge in [0.15, 0.2) is 0 Å². The number of para-hydroxylation sites is 1. The van der Waals surface area contributed by atoms with E-state index >= 15 is 0 Å². The van der Waals surface area contributed by atoms with Crippen molar-refractivity contribution in [3.05, 3.63) is 137 Å². The molecule has 0 aromatic heterocycles. The molecule has 7 rings (SSSR count). The molecule has 0 unspecified atom stereocenters. The van der Waals surface area contributed by atoms with E-state index in [1.54, 1.807) is 67.6 Å². The first-order chi connectivity index (χ1) is 22.2. The molecule has 0 aliphatic heterocycles. The van der Waals surface area contributed by atoms with Gasteiger partial charge in [-0.05, 0) is 81.2 Å². The number of ether oxygens (including phenoxy) is 1. The number of nitrogens with one attached hydrogen (secondary N) is 1. The summed E-state index contributed by atoms with van der Waals surface area (Å²) in [6.45, 7) is 1.75. The first kappa shape index (κ1) is 28.5. The third-order valence-corrected chi connectivity index (χ3v) is 8.41. The highest BCUT2D eigenvalue weighted by Gasteiger charge is 2.27. The highest BCUT2D eigenvalue weighted by molar-refractivity contribution is 6.38. The fourth-order valence-corrected chi connectivity index (χ4v) is 6.34. The Morgan fingerprint density at radius 3 is 1.48 bits per heavy atom. The number of hydrogen-bond donors (Lipinski definition) is 3. The van der Waals surface area contributed by atoms with Gasteiger partial charge < -0.3 is 20.3 Å². The second-order valence-corrected chi connectivity index (χ2v) is 11.0. The van der Waals surface area contributed by atoms with Crippen molar-refractivity contribution in [2.24, 2.45) is 0 Å². The summed E-state index contributed by atoms with van der Waals surface area (Å²) in [6, 6.07) is 30.9. The topological polar surface area (TPSA) is 130 Å². The number of esters is 1. The molecular weight excluding hydrogens is 582 g/mol. The smallest absolute Gasteiger partial charge is 0.339 e. The number of hydrogen-bond acceptors (Lipinski definition) is 5. The maximum atomic E-state index is 13.6. The van der Waals surface area contributed by atoms with E-state index in [4.69, 9.17) is 4.74 Å². The van der Waals surface area contributed by atoms with Crippen molar-refractivity contribution in [2.75, 3.05) is 5.32 Å². The highest BCUT2D eigenvalue weighted by atomic mass is 16.5. The molecule has 8 heteroatoms. The molecule has 1 amide bonds. The van der Waals surface area contributed by atoms with Gasteiger partial charge in [0.25, 0.3) is 5.91 Å². The maximum absolute atomic E-state index is 13.6. The maximum Gasteiger partial charge on any atom is 0.339 e. The Balaban J connectivity index is 1.50. The van der Waals surface area contributed by atoms with Crippen LogP contribution in [0.2, 0.25) is 0 Å². The predicted molar refractivity (Wildman–Crippen MR) is 176 cm³/mol. The quantitative estimate of drug-likeness (QED) is 0.0944. The van der Waals surface area contributed by atoms with E-state index in [1.807, 2.05) is 36.4 Å². The zero-order valence-electron chi connectivity index (χ0n) is 24.4. The summed E-state index contributed by atoms with van der Waals surface area (Å²) in [7, 11) is 0. The lowest BCUT2D eigenvalue weighted by Gasteiger charge is -2.20. The zero-order chi connectivity index (χ0) is 32.1. The Morgan fingerprint density at radius 2 is 0.978 bits per heavy atom. The van der Waals surface area contributed by atoms with Crippen LogP contribution < -0.4 is 5.32 Å². The summed E-state index contributed by atoms with van der Waals surface area (Å²) in [6.07, 6.45) is -0.586. The Labute approximate surface area is 261 Å². The van der Waals surface area contributed by atoms with Crippen molar-refractivity contribution in [3.63, 3.8) is 0 Å². The van der Waals surface area contributed by atoms with Crippen LogP contribution in [0, 0.1) is 0 Å². The van der Waals surface area contributed by atoms with Crippen molar-refractivity contribution in [1.29, 1.82) is 0 Å². The molecule has 0 saturated carbocycles. The molecule has 0 radical (unpaired) electrons. The standard InChI is InChI=1S/C38H25NO7/c1-20(21-8-4-2-5-9-21)46-38(45)30-19-15-26-24-13-17-28(36(41)42)33-27(35(40)39-22-10-6-3-7-11-22)16-12-23(31(24)33)25-14-18-29(37(43)44)34(30)32(25)26/h2-20H,1H3,(H,39,40)(H,41,42)(H,43,44)/t20-/m1/s1. The first-order valence-electron chi connectivity index (χ1n) is 14.5. The van der Waals surface area contributed by atoms with Crippen LogP contribution in [0.5, 0.6) is 0 Å². The van der Waals surface area contributed by atoms with Crippen molar-refractivity contribution < 1.29 is 34.1 Å². The van der Waals surface area contributed by atoms with E-state index in [2.05, 4.69) is 5.32 Å². The summed E-state index contributed by atoms with van der Waals surface area (Å²) in [5.74, 6) is -3.55. The van der Waals surface area contributed by atoms with Gasteiger partial charge in [-0.3, -0.25) is 4.79 Å². The van der Waals surface area contributed by atoms with E-state index in [-0.39, 0.29) is 33.0 Å². The van der Waals surface area contributed by atoms with Gasteiger partial charge in [-0.1, -0.05) is 72.8 Å². The molecule has 0 spiro atoms. The Bertz CT molecular complexity index is 2350. The summed E-state index contributed by atoms with van der Waals surface area (Å²) in [5, 5.41) is 27.3.